The van der Waals surface area contributed by atoms with Gasteiger partial charge in [-0.1, -0.05) is 36.4 Å². The Labute approximate surface area is 161 Å². The van der Waals surface area contributed by atoms with Crippen molar-refractivity contribution in [2.75, 3.05) is 0 Å². The topological polar surface area (TPSA) is 59.3 Å². The van der Waals surface area contributed by atoms with Crippen molar-refractivity contribution in [3.8, 4) is 10.6 Å². The summed E-state index contributed by atoms with van der Waals surface area (Å²) >= 11 is 1.61. The molecule has 6 heteroatoms. The molecule has 136 valence electrons. The number of pyridine rings is 1. The number of nitrogens with zero attached hydrogens (tertiary/aromatic N) is 3. The van der Waals surface area contributed by atoms with Gasteiger partial charge in [-0.05, 0) is 32.9 Å². The van der Waals surface area contributed by atoms with Crippen molar-refractivity contribution in [1.29, 1.82) is 0 Å². The minimum absolute atomic E-state index is 0.140. The first kappa shape index (κ1) is 17.4. The fourth-order valence-corrected chi connectivity index (χ4v) is 4.18. The van der Waals surface area contributed by atoms with Gasteiger partial charge >= 0.3 is 0 Å². The summed E-state index contributed by atoms with van der Waals surface area (Å²) < 4.78 is 1.92. The Hall–Kier alpha value is -2.99. The predicted octanol–water partition coefficient (Wildman–Crippen LogP) is 4.57. The third kappa shape index (κ3) is 3.36. The molecule has 3 heterocycles. The van der Waals surface area contributed by atoms with Gasteiger partial charge in [0.25, 0.3) is 5.91 Å². The highest BCUT2D eigenvalue weighted by Gasteiger charge is 2.19. The molecule has 0 aliphatic carbocycles. The van der Waals surface area contributed by atoms with Crippen molar-refractivity contribution in [2.45, 2.75) is 26.8 Å². The number of imidazole rings is 1. The molecule has 0 saturated carbocycles. The number of nitrogens with one attached hydrogen (secondary N) is 1. The van der Waals surface area contributed by atoms with Gasteiger partial charge in [0, 0.05) is 17.5 Å². The van der Waals surface area contributed by atoms with E-state index in [2.05, 4.69) is 15.3 Å². The van der Waals surface area contributed by atoms with Gasteiger partial charge in [-0.2, -0.15) is 0 Å². The molecule has 0 bridgehead atoms. The molecular formula is C21H20N4OS. The van der Waals surface area contributed by atoms with Crippen LogP contribution in [0.4, 0.5) is 0 Å². The fourth-order valence-electron chi connectivity index (χ4n) is 3.11. The van der Waals surface area contributed by atoms with E-state index in [1.54, 1.807) is 17.5 Å². The minimum atomic E-state index is -0.181. The number of aromatic nitrogens is 3. The van der Waals surface area contributed by atoms with E-state index in [0.717, 1.165) is 32.5 Å². The van der Waals surface area contributed by atoms with E-state index in [9.17, 15) is 4.79 Å². The average Bonchev–Trinajstić information content (AvgIpc) is 3.27. The van der Waals surface area contributed by atoms with Crippen molar-refractivity contribution in [2.24, 2.45) is 0 Å². The summed E-state index contributed by atoms with van der Waals surface area (Å²) in [7, 11) is 0. The van der Waals surface area contributed by atoms with Gasteiger partial charge in [0.1, 0.15) is 16.3 Å². The molecule has 1 aromatic carbocycles. The number of benzene rings is 1. The number of fused-ring (bicyclic) bond motifs is 1. The van der Waals surface area contributed by atoms with Gasteiger partial charge in [-0.25, -0.2) is 9.97 Å². The van der Waals surface area contributed by atoms with Crippen LogP contribution >= 0.6 is 11.3 Å². The van der Waals surface area contributed by atoms with Crippen molar-refractivity contribution >= 4 is 22.9 Å². The van der Waals surface area contributed by atoms with Crippen LogP contribution in [0.25, 0.3) is 16.2 Å². The number of hydrogen-bond acceptors (Lipinski definition) is 4. The number of carbonyl (C=O) groups is 1. The molecule has 0 aliphatic rings. The molecule has 1 unspecified atom stereocenters. The summed E-state index contributed by atoms with van der Waals surface area (Å²) in [6.45, 7) is 5.95. The summed E-state index contributed by atoms with van der Waals surface area (Å²) in [5, 5.41) is 4.02. The second-order valence-electron chi connectivity index (χ2n) is 6.55. The standard InChI is InChI=1S/C21H20N4OS/c1-13-8-7-11-18-24-17(12-25(13)18)20(26)22-14(2)19-15(3)23-21(27-19)16-9-5-4-6-10-16/h4-12,14H,1-3H3,(H,22,26). The van der Waals surface area contributed by atoms with E-state index in [0.29, 0.717) is 5.69 Å². The first-order valence-corrected chi connectivity index (χ1v) is 9.63. The van der Waals surface area contributed by atoms with Crippen LogP contribution in [-0.2, 0) is 0 Å². The highest BCUT2D eigenvalue weighted by atomic mass is 32.1. The van der Waals surface area contributed by atoms with Gasteiger partial charge < -0.3 is 9.72 Å². The Balaban J connectivity index is 1.56. The SMILES string of the molecule is Cc1nc(-c2ccccc2)sc1C(C)NC(=O)c1cn2c(C)cccc2n1. The molecule has 0 aliphatic heterocycles. The Kier molecular flexibility index (Phi) is 4.49. The molecular weight excluding hydrogens is 356 g/mol. The molecule has 0 fully saturated rings. The van der Waals surface area contributed by atoms with E-state index in [1.165, 1.54) is 0 Å². The summed E-state index contributed by atoms with van der Waals surface area (Å²) in [5.41, 5.74) is 4.26. The van der Waals surface area contributed by atoms with E-state index in [1.807, 2.05) is 73.7 Å². The number of carbonyl (C=O) groups excluding carboxylic acids is 1. The molecule has 1 N–H and O–H groups in total. The van der Waals surface area contributed by atoms with Crippen LogP contribution in [0.3, 0.4) is 0 Å². The lowest BCUT2D eigenvalue weighted by Crippen LogP contribution is -2.26. The lowest BCUT2D eigenvalue weighted by molar-refractivity contribution is 0.0936. The monoisotopic (exact) mass is 376 g/mol. The smallest absolute Gasteiger partial charge is 0.272 e. The van der Waals surface area contributed by atoms with Crippen molar-refractivity contribution < 1.29 is 4.79 Å². The van der Waals surface area contributed by atoms with Gasteiger partial charge in [0.15, 0.2) is 0 Å². The Bertz CT molecular complexity index is 1110. The van der Waals surface area contributed by atoms with Gasteiger partial charge in [0.05, 0.1) is 16.6 Å². The molecule has 0 saturated heterocycles. The van der Waals surface area contributed by atoms with E-state index in [-0.39, 0.29) is 11.9 Å². The highest BCUT2D eigenvalue weighted by Crippen LogP contribution is 2.31. The zero-order valence-corrected chi connectivity index (χ0v) is 16.2. The van der Waals surface area contributed by atoms with E-state index < -0.39 is 0 Å². The fraction of sp³-hybridized carbons (Fsp3) is 0.190. The van der Waals surface area contributed by atoms with Gasteiger partial charge in [0.2, 0.25) is 0 Å². The molecule has 1 amide bonds. The zero-order chi connectivity index (χ0) is 19.0. The molecule has 0 spiro atoms. The molecule has 3 aromatic heterocycles. The Morgan fingerprint density at radius 1 is 1.07 bits per heavy atom. The summed E-state index contributed by atoms with van der Waals surface area (Å²) in [5.74, 6) is -0.181. The van der Waals surface area contributed by atoms with Crippen LogP contribution in [0.5, 0.6) is 0 Å². The normalized spacial score (nSPS) is 12.3. The zero-order valence-electron chi connectivity index (χ0n) is 15.4. The first-order valence-electron chi connectivity index (χ1n) is 8.81. The van der Waals surface area contributed by atoms with Crippen LogP contribution in [0.15, 0.2) is 54.7 Å². The summed E-state index contributed by atoms with van der Waals surface area (Å²) in [4.78, 5) is 22.9. The number of thiazole rings is 1. The molecule has 5 nitrogen and oxygen atoms in total. The highest BCUT2D eigenvalue weighted by molar-refractivity contribution is 7.15. The Morgan fingerprint density at radius 2 is 1.85 bits per heavy atom. The number of rotatable bonds is 4. The summed E-state index contributed by atoms with van der Waals surface area (Å²) in [6.07, 6.45) is 1.78. The predicted molar refractivity (Wildman–Crippen MR) is 108 cm³/mol. The van der Waals surface area contributed by atoms with Crippen LogP contribution in [0.2, 0.25) is 0 Å². The molecule has 0 radical (unpaired) electrons. The van der Waals surface area contributed by atoms with E-state index in [4.69, 9.17) is 0 Å². The number of amides is 1. The van der Waals surface area contributed by atoms with Crippen molar-refractivity contribution in [3.05, 3.63) is 76.7 Å². The Morgan fingerprint density at radius 3 is 2.59 bits per heavy atom. The second kappa shape index (κ2) is 6.96. The van der Waals surface area contributed by atoms with Crippen LogP contribution in [0, 0.1) is 13.8 Å². The van der Waals surface area contributed by atoms with Crippen LogP contribution in [0.1, 0.15) is 39.7 Å². The van der Waals surface area contributed by atoms with Crippen LogP contribution in [-0.4, -0.2) is 20.3 Å². The van der Waals surface area contributed by atoms with Crippen molar-refractivity contribution in [1.82, 2.24) is 19.7 Å². The first-order chi connectivity index (χ1) is 13.0. The minimum Gasteiger partial charge on any atom is -0.343 e. The number of aryl methyl sites for hydroxylation is 2. The van der Waals surface area contributed by atoms with Crippen molar-refractivity contribution in [3.63, 3.8) is 0 Å². The average molecular weight is 376 g/mol. The third-order valence-electron chi connectivity index (χ3n) is 4.52. The van der Waals surface area contributed by atoms with Gasteiger partial charge in [-0.3, -0.25) is 4.79 Å². The maximum atomic E-state index is 12.7. The quantitative estimate of drug-likeness (QED) is 0.568. The second-order valence-corrected chi connectivity index (χ2v) is 7.58. The molecule has 1 atom stereocenters. The maximum absolute atomic E-state index is 12.7. The molecule has 4 rings (SSSR count). The van der Waals surface area contributed by atoms with E-state index >= 15 is 0 Å². The van der Waals surface area contributed by atoms with Crippen LogP contribution < -0.4 is 5.32 Å². The maximum Gasteiger partial charge on any atom is 0.272 e. The molecule has 27 heavy (non-hydrogen) atoms. The summed E-state index contributed by atoms with van der Waals surface area (Å²) in [6, 6.07) is 15.8. The third-order valence-corrected chi connectivity index (χ3v) is 5.91. The lowest BCUT2D eigenvalue weighted by atomic mass is 10.2. The lowest BCUT2D eigenvalue weighted by Gasteiger charge is -2.11. The molecule has 4 aromatic rings. The number of hydrogen-bond donors (Lipinski definition) is 1. The largest absolute Gasteiger partial charge is 0.343 e. The van der Waals surface area contributed by atoms with Gasteiger partial charge in [-0.15, -0.1) is 11.3 Å².